The molecule has 1 rings (SSSR count). The van der Waals surface area contributed by atoms with Gasteiger partial charge in [0.1, 0.15) is 0 Å². The molecule has 0 bridgehead atoms. The number of hydrogen-bond donors (Lipinski definition) is 0. The molecule has 0 radical (unpaired) electrons. The van der Waals surface area contributed by atoms with Crippen LogP contribution in [0.5, 0.6) is 11.5 Å². The Morgan fingerprint density at radius 1 is 0.571 bits per heavy atom. The molecule has 0 heterocycles. The fourth-order valence-corrected chi connectivity index (χ4v) is 4.52. The van der Waals surface area contributed by atoms with E-state index in [-0.39, 0.29) is 0 Å². The maximum atomic E-state index is 11.6. The van der Waals surface area contributed by atoms with E-state index in [2.05, 4.69) is 13.8 Å². The predicted octanol–water partition coefficient (Wildman–Crippen LogP) is 10.7. The van der Waals surface area contributed by atoms with Crippen molar-refractivity contribution in [3.8, 4) is 11.5 Å². The minimum absolute atomic E-state index is 0.455. The van der Waals surface area contributed by atoms with E-state index >= 15 is 0 Å². The summed E-state index contributed by atoms with van der Waals surface area (Å²) in [5.74, 6) is 1.36. The summed E-state index contributed by atoms with van der Waals surface area (Å²) in [7, 11) is 0. The Morgan fingerprint density at radius 3 is 1.34 bits per heavy atom. The van der Waals surface area contributed by atoms with Crippen molar-refractivity contribution in [3.63, 3.8) is 0 Å². The summed E-state index contributed by atoms with van der Waals surface area (Å²) in [6, 6.07) is 5.26. The van der Waals surface area contributed by atoms with Gasteiger partial charge in [0.2, 0.25) is 0 Å². The second kappa shape index (κ2) is 23.2. The average molecular weight is 509 g/mol. The minimum atomic E-state index is -0.463. The van der Waals surface area contributed by atoms with Gasteiger partial charge in [-0.3, -0.25) is 4.79 Å². The van der Waals surface area contributed by atoms with Gasteiger partial charge in [0.15, 0.2) is 11.5 Å². The molecule has 1 aromatic carbocycles. The number of unbranched alkanes of at least 4 members (excludes halogenated alkanes) is 18. The second-order valence-electron chi connectivity index (χ2n) is 10.00. The Hall–Kier alpha value is -1.22. The summed E-state index contributed by atoms with van der Waals surface area (Å²) in [6.45, 7) is 5.85. The van der Waals surface area contributed by atoms with Crippen molar-refractivity contribution in [3.05, 3.63) is 23.8 Å². The van der Waals surface area contributed by atoms with Gasteiger partial charge in [-0.05, 0) is 42.6 Å². The van der Waals surface area contributed by atoms with E-state index in [4.69, 9.17) is 21.1 Å². The number of ether oxygens (including phenoxy) is 2. The molecule has 35 heavy (non-hydrogen) atoms. The van der Waals surface area contributed by atoms with Crippen LogP contribution >= 0.6 is 11.6 Å². The quantitative estimate of drug-likeness (QED) is 0.0972. The number of hydrogen-bond acceptors (Lipinski definition) is 3. The van der Waals surface area contributed by atoms with E-state index in [0.717, 1.165) is 18.6 Å². The lowest BCUT2D eigenvalue weighted by atomic mass is 10.1. The van der Waals surface area contributed by atoms with Gasteiger partial charge in [-0.1, -0.05) is 129 Å². The molecule has 0 spiro atoms. The van der Waals surface area contributed by atoms with Gasteiger partial charge in [0, 0.05) is 5.56 Å². The summed E-state index contributed by atoms with van der Waals surface area (Å²) >= 11 is 5.69. The van der Waals surface area contributed by atoms with Gasteiger partial charge in [0.05, 0.1) is 13.2 Å². The van der Waals surface area contributed by atoms with Crippen LogP contribution in [0.2, 0.25) is 0 Å². The summed E-state index contributed by atoms with van der Waals surface area (Å²) in [5, 5.41) is -0.463. The highest BCUT2D eigenvalue weighted by atomic mass is 35.5. The molecule has 202 valence electrons. The van der Waals surface area contributed by atoms with E-state index in [1.807, 2.05) is 6.07 Å². The molecule has 0 fully saturated rings. The largest absolute Gasteiger partial charge is 0.490 e. The van der Waals surface area contributed by atoms with E-state index < -0.39 is 5.24 Å². The van der Waals surface area contributed by atoms with Crippen LogP contribution in [0.3, 0.4) is 0 Å². The van der Waals surface area contributed by atoms with Crippen LogP contribution in [0.1, 0.15) is 153 Å². The number of carbonyl (C=O) groups excluding carboxylic acids is 1. The van der Waals surface area contributed by atoms with Crippen molar-refractivity contribution in [1.82, 2.24) is 0 Å². The van der Waals surface area contributed by atoms with Gasteiger partial charge in [-0.2, -0.15) is 0 Å². The lowest BCUT2D eigenvalue weighted by Crippen LogP contribution is -2.04. The second-order valence-corrected chi connectivity index (χ2v) is 10.3. The predicted molar refractivity (Wildman–Crippen MR) is 151 cm³/mol. The van der Waals surface area contributed by atoms with Gasteiger partial charge >= 0.3 is 0 Å². The number of benzene rings is 1. The average Bonchev–Trinajstić information content (AvgIpc) is 2.86. The van der Waals surface area contributed by atoms with Gasteiger partial charge < -0.3 is 9.47 Å². The SMILES string of the molecule is CCCCCCCCCCCCOc1ccc(C(=O)Cl)cc1OCCCCCCCCCCCC. The van der Waals surface area contributed by atoms with Crippen molar-refractivity contribution in [2.24, 2.45) is 0 Å². The maximum absolute atomic E-state index is 11.6. The smallest absolute Gasteiger partial charge is 0.252 e. The summed E-state index contributed by atoms with van der Waals surface area (Å²) < 4.78 is 12.0. The minimum Gasteiger partial charge on any atom is -0.490 e. The fraction of sp³-hybridized carbons (Fsp3) is 0.774. The van der Waals surface area contributed by atoms with Crippen LogP contribution in [-0.4, -0.2) is 18.5 Å². The maximum Gasteiger partial charge on any atom is 0.252 e. The molecule has 0 aliphatic heterocycles. The van der Waals surface area contributed by atoms with Crippen molar-refractivity contribution in [2.45, 2.75) is 142 Å². The lowest BCUT2D eigenvalue weighted by Gasteiger charge is -2.14. The first-order valence-electron chi connectivity index (χ1n) is 14.8. The van der Waals surface area contributed by atoms with Crippen molar-refractivity contribution in [1.29, 1.82) is 0 Å². The topological polar surface area (TPSA) is 35.5 Å². The number of halogens is 1. The molecule has 0 aromatic heterocycles. The van der Waals surface area contributed by atoms with Gasteiger partial charge in [-0.15, -0.1) is 0 Å². The van der Waals surface area contributed by atoms with Crippen LogP contribution in [0, 0.1) is 0 Å². The van der Waals surface area contributed by atoms with Crippen LogP contribution in [-0.2, 0) is 0 Å². The molecule has 0 unspecified atom stereocenters. The molecule has 1 aromatic rings. The van der Waals surface area contributed by atoms with Crippen LogP contribution < -0.4 is 9.47 Å². The fourth-order valence-electron chi connectivity index (χ4n) is 4.41. The Balaban J connectivity index is 2.21. The standard InChI is InChI=1S/C31H53ClO3/c1-3-5-7-9-11-13-15-17-19-21-25-34-29-24-23-28(31(32)33)27-30(29)35-26-22-20-18-16-14-12-10-8-6-4-2/h23-24,27H,3-22,25-26H2,1-2H3. The molecule has 0 aliphatic rings. The van der Waals surface area contributed by atoms with E-state index in [1.165, 1.54) is 116 Å². The highest BCUT2D eigenvalue weighted by Crippen LogP contribution is 2.30. The third-order valence-corrected chi connectivity index (χ3v) is 6.90. The normalized spacial score (nSPS) is 11.1. The Kier molecular flexibility index (Phi) is 21.1. The van der Waals surface area contributed by atoms with Crippen molar-refractivity contribution < 1.29 is 14.3 Å². The van der Waals surface area contributed by atoms with Crippen LogP contribution in [0.15, 0.2) is 18.2 Å². The molecule has 0 N–H and O–H groups in total. The zero-order valence-electron chi connectivity index (χ0n) is 22.9. The van der Waals surface area contributed by atoms with Crippen molar-refractivity contribution >= 4 is 16.8 Å². The highest BCUT2D eigenvalue weighted by Gasteiger charge is 2.10. The molecule has 4 heteroatoms. The first-order valence-corrected chi connectivity index (χ1v) is 15.2. The van der Waals surface area contributed by atoms with E-state index in [0.29, 0.717) is 24.5 Å². The van der Waals surface area contributed by atoms with Crippen LogP contribution in [0.4, 0.5) is 0 Å². The summed E-state index contributed by atoms with van der Waals surface area (Å²) in [4.78, 5) is 11.6. The zero-order chi connectivity index (χ0) is 25.4. The molecule has 0 saturated carbocycles. The molecule has 0 saturated heterocycles. The third-order valence-electron chi connectivity index (χ3n) is 6.68. The number of carbonyl (C=O) groups is 1. The molecular formula is C31H53ClO3. The van der Waals surface area contributed by atoms with E-state index in [9.17, 15) is 4.79 Å². The molecule has 0 aliphatic carbocycles. The number of rotatable bonds is 25. The lowest BCUT2D eigenvalue weighted by molar-refractivity contribution is 0.108. The van der Waals surface area contributed by atoms with Crippen LogP contribution in [0.25, 0.3) is 0 Å². The van der Waals surface area contributed by atoms with Crippen molar-refractivity contribution in [2.75, 3.05) is 13.2 Å². The van der Waals surface area contributed by atoms with E-state index in [1.54, 1.807) is 12.1 Å². The first-order chi connectivity index (χ1) is 17.2. The Labute approximate surface area is 221 Å². The van der Waals surface area contributed by atoms with Gasteiger partial charge in [-0.25, -0.2) is 0 Å². The third kappa shape index (κ3) is 17.8. The molecule has 0 amide bonds. The highest BCUT2D eigenvalue weighted by molar-refractivity contribution is 6.67. The first kappa shape index (κ1) is 31.8. The Bertz CT molecular complexity index is 632. The van der Waals surface area contributed by atoms with Gasteiger partial charge in [0.25, 0.3) is 5.24 Å². The molecule has 0 atom stereocenters. The summed E-state index contributed by atoms with van der Waals surface area (Å²) in [6.07, 6.45) is 26.0. The molecule has 3 nitrogen and oxygen atoms in total. The molecular weight excluding hydrogens is 456 g/mol. The summed E-state index contributed by atoms with van der Waals surface area (Å²) in [5.41, 5.74) is 0.455. The Morgan fingerprint density at radius 2 is 0.943 bits per heavy atom. The zero-order valence-corrected chi connectivity index (χ0v) is 23.6. The monoisotopic (exact) mass is 508 g/mol.